The summed E-state index contributed by atoms with van der Waals surface area (Å²) >= 11 is 2.02. The molecule has 0 aliphatic heterocycles. The maximum Gasteiger partial charge on any atom is 0.00750 e. The molecule has 1 nitrogen and oxygen atoms in total. The Bertz CT molecular complexity index is 75.8. The Morgan fingerprint density at radius 3 is 2.20 bits per heavy atom. The van der Waals surface area contributed by atoms with Gasteiger partial charge in [-0.25, -0.2) is 0 Å². The molecule has 0 bridgehead atoms. The molecule has 0 fully saturated rings. The lowest BCUT2D eigenvalue weighted by atomic mass is 10.3. The molecule has 0 aromatic heterocycles. The van der Waals surface area contributed by atoms with E-state index in [1.54, 1.807) is 0 Å². The van der Waals surface area contributed by atoms with E-state index < -0.39 is 0 Å². The lowest BCUT2D eigenvalue weighted by Gasteiger charge is -2.16. The minimum Gasteiger partial charge on any atom is -0.330 e. The Hall–Kier alpha value is 0.310. The molecule has 0 aromatic rings. The molecule has 0 aliphatic carbocycles. The molecule has 0 aromatic carbocycles. The third-order valence-electron chi connectivity index (χ3n) is 1.13. The topological polar surface area (TPSA) is 26.0 Å². The van der Waals surface area contributed by atoms with Crippen LogP contribution in [0.15, 0.2) is 0 Å². The molecule has 2 N–H and O–H groups in total. The van der Waals surface area contributed by atoms with E-state index in [-0.39, 0.29) is 0 Å². The van der Waals surface area contributed by atoms with Crippen LogP contribution in [0, 0.1) is 0 Å². The molecule has 0 rings (SSSR count). The molecular formula is C8H19NS. The number of rotatable bonds is 4. The average Bonchev–Trinajstić information content (AvgIpc) is 1.78. The van der Waals surface area contributed by atoms with Crippen LogP contribution in [0.25, 0.3) is 0 Å². The van der Waals surface area contributed by atoms with Crippen LogP contribution in [0.2, 0.25) is 0 Å². The summed E-state index contributed by atoms with van der Waals surface area (Å²) in [7, 11) is 0. The van der Waals surface area contributed by atoms with Crippen molar-refractivity contribution in [3.63, 3.8) is 0 Å². The molecule has 0 saturated heterocycles. The number of unbranched alkanes of at least 4 members (excludes halogenated alkanes) is 1. The molecule has 0 unspecified atom stereocenters. The minimum atomic E-state index is 0.425. The third-order valence-corrected chi connectivity index (χ3v) is 2.49. The number of hydrogen-bond acceptors (Lipinski definition) is 2. The molecule has 0 amide bonds. The predicted molar refractivity (Wildman–Crippen MR) is 50.5 cm³/mol. The van der Waals surface area contributed by atoms with Gasteiger partial charge >= 0.3 is 0 Å². The van der Waals surface area contributed by atoms with Crippen LogP contribution < -0.4 is 5.73 Å². The normalized spacial score (nSPS) is 12.0. The molecule has 0 radical (unpaired) electrons. The van der Waals surface area contributed by atoms with E-state index in [2.05, 4.69) is 20.8 Å². The third kappa shape index (κ3) is 8.31. The number of hydrogen-bond donors (Lipinski definition) is 1. The van der Waals surface area contributed by atoms with Crippen LogP contribution in [-0.2, 0) is 0 Å². The highest BCUT2D eigenvalue weighted by atomic mass is 32.2. The summed E-state index contributed by atoms with van der Waals surface area (Å²) in [6.07, 6.45) is 2.43. The van der Waals surface area contributed by atoms with Crippen molar-refractivity contribution in [2.24, 2.45) is 5.73 Å². The maximum atomic E-state index is 5.37. The molecule has 0 aliphatic rings. The average molecular weight is 161 g/mol. The van der Waals surface area contributed by atoms with E-state index in [0.29, 0.717) is 4.75 Å². The van der Waals surface area contributed by atoms with Gasteiger partial charge in [0.05, 0.1) is 0 Å². The van der Waals surface area contributed by atoms with Crippen LogP contribution >= 0.6 is 11.8 Å². The molecule has 0 spiro atoms. The first-order chi connectivity index (χ1) is 4.56. The Labute approximate surface area is 68.8 Å². The first-order valence-electron chi connectivity index (χ1n) is 3.90. The van der Waals surface area contributed by atoms with Crippen molar-refractivity contribution in [3.05, 3.63) is 0 Å². The van der Waals surface area contributed by atoms with Gasteiger partial charge in [-0.05, 0) is 25.1 Å². The lowest BCUT2D eigenvalue weighted by molar-refractivity contribution is 0.781. The second kappa shape index (κ2) is 5.03. The lowest BCUT2D eigenvalue weighted by Crippen LogP contribution is -2.08. The first-order valence-corrected chi connectivity index (χ1v) is 4.89. The molecular weight excluding hydrogens is 142 g/mol. The van der Waals surface area contributed by atoms with Crippen molar-refractivity contribution in [1.82, 2.24) is 0 Å². The summed E-state index contributed by atoms with van der Waals surface area (Å²) in [5.41, 5.74) is 5.37. The summed E-state index contributed by atoms with van der Waals surface area (Å²) in [4.78, 5) is 0. The number of thioether (sulfide) groups is 1. The summed E-state index contributed by atoms with van der Waals surface area (Å²) < 4.78 is 0.425. The monoisotopic (exact) mass is 161 g/mol. The van der Waals surface area contributed by atoms with Crippen LogP contribution in [0.4, 0.5) is 0 Å². The van der Waals surface area contributed by atoms with Gasteiger partial charge in [-0.2, -0.15) is 11.8 Å². The SMILES string of the molecule is CC(C)(C)SCCCCN. The first kappa shape index (κ1) is 10.3. The van der Waals surface area contributed by atoms with Gasteiger partial charge in [-0.15, -0.1) is 0 Å². The summed E-state index contributed by atoms with van der Waals surface area (Å²) in [5.74, 6) is 1.25. The molecule has 62 valence electrons. The highest BCUT2D eigenvalue weighted by Gasteiger charge is 2.08. The Morgan fingerprint density at radius 2 is 1.80 bits per heavy atom. The van der Waals surface area contributed by atoms with Crippen molar-refractivity contribution >= 4 is 11.8 Å². The van der Waals surface area contributed by atoms with Gasteiger partial charge in [-0.3, -0.25) is 0 Å². The maximum absolute atomic E-state index is 5.37. The van der Waals surface area contributed by atoms with Gasteiger partial charge in [0.2, 0.25) is 0 Å². The predicted octanol–water partition coefficient (Wildman–Crippen LogP) is 2.26. The molecule has 0 saturated carbocycles. The van der Waals surface area contributed by atoms with Crippen molar-refractivity contribution in [1.29, 1.82) is 0 Å². The van der Waals surface area contributed by atoms with E-state index in [4.69, 9.17) is 5.73 Å². The highest BCUT2D eigenvalue weighted by molar-refractivity contribution is 8.00. The van der Waals surface area contributed by atoms with E-state index >= 15 is 0 Å². The second-order valence-corrected chi connectivity index (χ2v) is 5.38. The molecule has 0 heterocycles. The second-order valence-electron chi connectivity index (χ2n) is 3.46. The smallest absolute Gasteiger partial charge is 0.00750 e. The van der Waals surface area contributed by atoms with Crippen LogP contribution in [0.1, 0.15) is 33.6 Å². The zero-order chi connectivity index (χ0) is 8.04. The summed E-state index contributed by atoms with van der Waals surface area (Å²) in [5, 5.41) is 0. The van der Waals surface area contributed by atoms with Crippen LogP contribution in [0.3, 0.4) is 0 Å². The van der Waals surface area contributed by atoms with Crippen LogP contribution in [-0.4, -0.2) is 17.0 Å². The van der Waals surface area contributed by atoms with Crippen molar-refractivity contribution in [3.8, 4) is 0 Å². The zero-order valence-corrected chi connectivity index (χ0v) is 8.13. The molecule has 10 heavy (non-hydrogen) atoms. The Balaban J connectivity index is 3.04. The van der Waals surface area contributed by atoms with Gasteiger partial charge in [-0.1, -0.05) is 20.8 Å². The fraction of sp³-hybridized carbons (Fsp3) is 1.00. The van der Waals surface area contributed by atoms with E-state index in [1.165, 1.54) is 18.6 Å². The van der Waals surface area contributed by atoms with Crippen LogP contribution in [0.5, 0.6) is 0 Å². The fourth-order valence-corrected chi connectivity index (χ4v) is 1.59. The molecule has 0 atom stereocenters. The number of nitrogens with two attached hydrogens (primary N) is 1. The Morgan fingerprint density at radius 1 is 1.20 bits per heavy atom. The van der Waals surface area contributed by atoms with Gasteiger partial charge < -0.3 is 5.73 Å². The standard InChI is InChI=1S/C8H19NS/c1-8(2,3)10-7-5-4-6-9/h4-7,9H2,1-3H3. The van der Waals surface area contributed by atoms with Gasteiger partial charge in [0.25, 0.3) is 0 Å². The van der Waals surface area contributed by atoms with Gasteiger partial charge in [0.1, 0.15) is 0 Å². The van der Waals surface area contributed by atoms with E-state index in [0.717, 1.165) is 6.54 Å². The fourth-order valence-electron chi connectivity index (χ4n) is 0.625. The van der Waals surface area contributed by atoms with Crippen molar-refractivity contribution in [2.45, 2.75) is 38.4 Å². The van der Waals surface area contributed by atoms with Crippen molar-refractivity contribution in [2.75, 3.05) is 12.3 Å². The zero-order valence-electron chi connectivity index (χ0n) is 7.31. The van der Waals surface area contributed by atoms with E-state index in [1.807, 2.05) is 11.8 Å². The summed E-state index contributed by atoms with van der Waals surface area (Å²) in [6, 6.07) is 0. The summed E-state index contributed by atoms with van der Waals surface area (Å²) in [6.45, 7) is 7.59. The van der Waals surface area contributed by atoms with Gasteiger partial charge in [0, 0.05) is 4.75 Å². The quantitative estimate of drug-likeness (QED) is 0.640. The molecule has 2 heteroatoms. The Kier molecular flexibility index (Phi) is 5.18. The highest BCUT2D eigenvalue weighted by Crippen LogP contribution is 2.23. The van der Waals surface area contributed by atoms with Gasteiger partial charge in [0.15, 0.2) is 0 Å². The van der Waals surface area contributed by atoms with Crippen molar-refractivity contribution < 1.29 is 0 Å². The largest absolute Gasteiger partial charge is 0.330 e. The van der Waals surface area contributed by atoms with E-state index in [9.17, 15) is 0 Å². The minimum absolute atomic E-state index is 0.425.